The molecule has 0 radical (unpaired) electrons. The van der Waals surface area contributed by atoms with Crippen LogP contribution < -0.4 is 0 Å². The molecule has 4 heterocycles. The molecule has 0 atom stereocenters. The van der Waals surface area contributed by atoms with Crippen molar-refractivity contribution < 1.29 is 28.0 Å². The van der Waals surface area contributed by atoms with Crippen LogP contribution in [0.2, 0.25) is 0 Å². The second-order valence-electron chi connectivity index (χ2n) is 6.27. The second kappa shape index (κ2) is 14.6. The average Bonchev–Trinajstić information content (AvgIpc) is 3.56. The highest BCUT2D eigenvalue weighted by atomic mass is 32.1. The van der Waals surface area contributed by atoms with Gasteiger partial charge < -0.3 is 8.83 Å². The number of furan rings is 2. The molecule has 8 heteroatoms. The lowest BCUT2D eigenvalue weighted by molar-refractivity contribution is 0.100. The smallest absolute Gasteiger partial charge is 0.163 e. The Morgan fingerprint density at radius 1 is 0.562 bits per heavy atom. The summed E-state index contributed by atoms with van der Waals surface area (Å²) < 4.78 is 9.31. The predicted molar refractivity (Wildman–Crippen MR) is 126 cm³/mol. The van der Waals surface area contributed by atoms with Crippen molar-refractivity contribution in [2.24, 2.45) is 0 Å². The van der Waals surface area contributed by atoms with E-state index >= 15 is 0 Å². The lowest BCUT2D eigenvalue weighted by Gasteiger charge is -1.79. The molecular formula is C24H24O6S2. The van der Waals surface area contributed by atoms with E-state index in [9.17, 15) is 19.2 Å². The Bertz CT molecular complexity index is 881. The van der Waals surface area contributed by atoms with Crippen LogP contribution in [0.1, 0.15) is 69.1 Å². The Morgan fingerprint density at radius 2 is 0.906 bits per heavy atom. The third kappa shape index (κ3) is 10.6. The maximum absolute atomic E-state index is 10.5. The van der Waals surface area contributed by atoms with E-state index in [1.807, 2.05) is 33.7 Å². The van der Waals surface area contributed by atoms with Crippen molar-refractivity contribution in [3.05, 3.63) is 93.1 Å². The minimum atomic E-state index is 0.0405. The maximum atomic E-state index is 10.5. The number of hydrogen-bond acceptors (Lipinski definition) is 8. The number of Topliss-reactive ketones (excluding diaryl/α,β-unsaturated/α-hetero) is 4. The first kappa shape index (κ1) is 26.7. The van der Waals surface area contributed by atoms with E-state index in [1.54, 1.807) is 48.7 Å². The Hall–Kier alpha value is -3.36. The van der Waals surface area contributed by atoms with Gasteiger partial charge in [0.25, 0.3) is 0 Å². The van der Waals surface area contributed by atoms with Gasteiger partial charge in [0.1, 0.15) is 12.5 Å². The number of hydrogen-bond donors (Lipinski definition) is 0. The summed E-state index contributed by atoms with van der Waals surface area (Å²) in [5.74, 6) is 0.370. The summed E-state index contributed by atoms with van der Waals surface area (Å²) in [4.78, 5) is 41.9. The first-order chi connectivity index (χ1) is 15.2. The molecule has 0 spiro atoms. The molecule has 0 aromatic carbocycles. The van der Waals surface area contributed by atoms with E-state index in [0.717, 1.165) is 11.1 Å². The van der Waals surface area contributed by atoms with Gasteiger partial charge in [-0.25, -0.2) is 0 Å². The summed E-state index contributed by atoms with van der Waals surface area (Å²) in [5.41, 5.74) is 2.89. The molecule has 0 fully saturated rings. The number of ketones is 4. The number of carbonyl (C=O) groups excluding carboxylic acids is 4. The highest BCUT2D eigenvalue weighted by Crippen LogP contribution is 2.06. The fourth-order valence-corrected chi connectivity index (χ4v) is 3.25. The fourth-order valence-electron chi connectivity index (χ4n) is 1.86. The normalized spacial score (nSPS) is 9.12. The van der Waals surface area contributed by atoms with Crippen molar-refractivity contribution in [1.82, 2.24) is 0 Å². The van der Waals surface area contributed by atoms with Crippen molar-refractivity contribution in [2.75, 3.05) is 0 Å². The van der Waals surface area contributed by atoms with E-state index < -0.39 is 0 Å². The Labute approximate surface area is 194 Å². The molecule has 32 heavy (non-hydrogen) atoms. The summed E-state index contributed by atoms with van der Waals surface area (Å²) in [6, 6.07) is 6.94. The SMILES string of the molecule is CC(=O)c1ccoc1.CC(=O)c1ccoc1.CC(=O)c1ccsc1.CC(=O)c1ccsc1. The quantitative estimate of drug-likeness (QED) is 0.301. The van der Waals surface area contributed by atoms with Gasteiger partial charge in [-0.1, -0.05) is 0 Å². The van der Waals surface area contributed by atoms with E-state index in [1.165, 1.54) is 38.9 Å². The monoisotopic (exact) mass is 472 g/mol. The molecule has 0 unspecified atom stereocenters. The molecule has 0 N–H and O–H groups in total. The topological polar surface area (TPSA) is 94.6 Å². The van der Waals surface area contributed by atoms with Gasteiger partial charge in [0.15, 0.2) is 23.1 Å². The van der Waals surface area contributed by atoms with Gasteiger partial charge in [-0.05, 0) is 62.7 Å². The molecule has 0 aliphatic rings. The summed E-state index contributed by atoms with van der Waals surface area (Å²) >= 11 is 3.09. The van der Waals surface area contributed by atoms with Gasteiger partial charge >= 0.3 is 0 Å². The molecule has 4 rings (SSSR count). The third-order valence-corrected chi connectivity index (χ3v) is 5.08. The molecule has 168 valence electrons. The molecule has 0 aliphatic carbocycles. The molecule has 4 aromatic rings. The van der Waals surface area contributed by atoms with Gasteiger partial charge in [0, 0.05) is 21.9 Å². The lowest BCUT2D eigenvalue weighted by atomic mass is 10.2. The van der Waals surface area contributed by atoms with Gasteiger partial charge in [-0.15, -0.1) is 0 Å². The van der Waals surface area contributed by atoms with Crippen LogP contribution in [0.25, 0.3) is 0 Å². The summed E-state index contributed by atoms with van der Waals surface area (Å²) in [6.45, 7) is 6.15. The molecule has 0 bridgehead atoms. The molecular weight excluding hydrogens is 448 g/mol. The molecule has 0 saturated carbocycles. The highest BCUT2D eigenvalue weighted by molar-refractivity contribution is 7.08. The Kier molecular flexibility index (Phi) is 12.2. The molecule has 6 nitrogen and oxygen atoms in total. The standard InChI is InChI=1S/2C6H6O2.2C6H6OS/c4*1-5(7)6-2-3-8-4-6/h4*2-4H,1H3. The Balaban J connectivity index is 0.000000213. The molecule has 0 aliphatic heterocycles. The van der Waals surface area contributed by atoms with E-state index in [4.69, 9.17) is 0 Å². The van der Waals surface area contributed by atoms with Gasteiger partial charge in [-0.3, -0.25) is 19.2 Å². The summed E-state index contributed by atoms with van der Waals surface area (Å²) in [5, 5.41) is 7.50. The van der Waals surface area contributed by atoms with Crippen LogP contribution in [0.5, 0.6) is 0 Å². The van der Waals surface area contributed by atoms with Crippen LogP contribution >= 0.6 is 22.7 Å². The van der Waals surface area contributed by atoms with Crippen molar-refractivity contribution in [3.63, 3.8) is 0 Å². The number of thiophene rings is 2. The average molecular weight is 473 g/mol. The van der Waals surface area contributed by atoms with Crippen LogP contribution in [0.3, 0.4) is 0 Å². The lowest BCUT2D eigenvalue weighted by Crippen LogP contribution is -1.85. The van der Waals surface area contributed by atoms with Crippen LogP contribution in [-0.4, -0.2) is 23.1 Å². The van der Waals surface area contributed by atoms with Crippen molar-refractivity contribution in [2.45, 2.75) is 27.7 Å². The number of rotatable bonds is 4. The van der Waals surface area contributed by atoms with Crippen LogP contribution in [0.4, 0.5) is 0 Å². The second-order valence-corrected chi connectivity index (χ2v) is 7.83. The van der Waals surface area contributed by atoms with E-state index in [0.29, 0.717) is 11.1 Å². The minimum absolute atomic E-state index is 0.0405. The largest absolute Gasteiger partial charge is 0.472 e. The highest BCUT2D eigenvalue weighted by Gasteiger charge is 1.97. The zero-order valence-corrected chi connectivity index (χ0v) is 19.8. The third-order valence-electron chi connectivity index (χ3n) is 3.71. The Morgan fingerprint density at radius 3 is 1.03 bits per heavy atom. The maximum Gasteiger partial charge on any atom is 0.163 e. The minimum Gasteiger partial charge on any atom is -0.472 e. The molecule has 0 amide bonds. The molecule has 4 aromatic heterocycles. The predicted octanol–water partition coefficient (Wildman–Crippen LogP) is 6.87. The van der Waals surface area contributed by atoms with Crippen molar-refractivity contribution in [3.8, 4) is 0 Å². The fraction of sp³-hybridized carbons (Fsp3) is 0.167. The van der Waals surface area contributed by atoms with Crippen LogP contribution in [-0.2, 0) is 0 Å². The zero-order chi connectivity index (χ0) is 23.9. The first-order valence-electron chi connectivity index (χ1n) is 9.34. The number of carbonyl (C=O) groups is 4. The van der Waals surface area contributed by atoms with Crippen LogP contribution in [0, 0.1) is 0 Å². The zero-order valence-electron chi connectivity index (χ0n) is 18.2. The summed E-state index contributed by atoms with van der Waals surface area (Å²) in [7, 11) is 0. The van der Waals surface area contributed by atoms with E-state index in [2.05, 4.69) is 8.83 Å². The first-order valence-corrected chi connectivity index (χ1v) is 11.2. The van der Waals surface area contributed by atoms with Gasteiger partial charge in [0.05, 0.1) is 23.7 Å². The van der Waals surface area contributed by atoms with Crippen LogP contribution in [0.15, 0.2) is 79.7 Å². The van der Waals surface area contributed by atoms with Gasteiger partial charge in [0.2, 0.25) is 0 Å². The van der Waals surface area contributed by atoms with Crippen molar-refractivity contribution in [1.29, 1.82) is 0 Å². The van der Waals surface area contributed by atoms with Crippen molar-refractivity contribution >= 4 is 45.8 Å². The molecule has 0 saturated heterocycles. The summed E-state index contributed by atoms with van der Waals surface area (Å²) in [6.07, 6.45) is 5.83. The van der Waals surface area contributed by atoms with Gasteiger partial charge in [-0.2, -0.15) is 22.7 Å². The van der Waals surface area contributed by atoms with E-state index in [-0.39, 0.29) is 23.1 Å².